The van der Waals surface area contributed by atoms with Crippen LogP contribution >= 0.6 is 24.0 Å². The van der Waals surface area contributed by atoms with Gasteiger partial charge in [0.15, 0.2) is 5.96 Å². The fraction of sp³-hybridized carbons (Fsp3) is 0.579. The molecular formula is C19H33IN4O. The van der Waals surface area contributed by atoms with Crippen LogP contribution in [0.5, 0.6) is 0 Å². The quantitative estimate of drug-likeness (QED) is 0.328. The van der Waals surface area contributed by atoms with Gasteiger partial charge in [0.2, 0.25) is 5.91 Å². The zero-order valence-electron chi connectivity index (χ0n) is 16.2. The summed E-state index contributed by atoms with van der Waals surface area (Å²) in [7, 11) is 1.77. The largest absolute Gasteiger partial charge is 0.354 e. The van der Waals surface area contributed by atoms with Gasteiger partial charge in [-0.1, -0.05) is 39.8 Å². The molecule has 0 fully saturated rings. The molecule has 0 aliphatic rings. The second-order valence-electron chi connectivity index (χ2n) is 6.60. The van der Waals surface area contributed by atoms with Gasteiger partial charge in [0.05, 0.1) is 0 Å². The van der Waals surface area contributed by atoms with E-state index >= 15 is 0 Å². The number of carbonyl (C=O) groups is 1. The summed E-state index contributed by atoms with van der Waals surface area (Å²) >= 11 is 0. The van der Waals surface area contributed by atoms with Crippen LogP contribution in [-0.2, 0) is 11.3 Å². The van der Waals surface area contributed by atoms with Crippen molar-refractivity contribution in [3.63, 3.8) is 0 Å². The first kappa shape index (κ1) is 23.7. The number of carbonyl (C=O) groups excluding carboxylic acids is 1. The molecule has 5 nitrogen and oxygen atoms in total. The van der Waals surface area contributed by atoms with Crippen LogP contribution in [0.25, 0.3) is 0 Å². The summed E-state index contributed by atoms with van der Waals surface area (Å²) in [4.78, 5) is 16.3. The highest BCUT2D eigenvalue weighted by molar-refractivity contribution is 14.0. The van der Waals surface area contributed by atoms with Crippen LogP contribution in [0.3, 0.4) is 0 Å². The third kappa shape index (κ3) is 8.56. The molecule has 1 aromatic rings. The highest BCUT2D eigenvalue weighted by Gasteiger charge is 2.11. The number of nitrogens with one attached hydrogen (secondary N) is 3. The molecule has 1 rings (SSSR count). The summed E-state index contributed by atoms with van der Waals surface area (Å²) in [6, 6.07) is 8.24. The van der Waals surface area contributed by atoms with Gasteiger partial charge in [-0.05, 0) is 37.0 Å². The summed E-state index contributed by atoms with van der Waals surface area (Å²) in [5, 5.41) is 9.66. The Labute approximate surface area is 169 Å². The minimum atomic E-state index is 0. The van der Waals surface area contributed by atoms with Crippen molar-refractivity contribution >= 4 is 41.5 Å². The predicted molar refractivity (Wildman–Crippen MR) is 118 cm³/mol. The molecule has 0 aliphatic heterocycles. The van der Waals surface area contributed by atoms with Crippen molar-refractivity contribution in [1.29, 1.82) is 0 Å². The standard InChI is InChI=1S/C19H32N4O.HI/c1-7-14(4)18(24)23-17-10-8-9-16(11-17)12-21-19(20-6)22-15(5)13(2)3;/h8-11,13-15H,7,12H2,1-6H3,(H,23,24)(H2,20,21,22);1H. The van der Waals surface area contributed by atoms with Gasteiger partial charge in [-0.3, -0.25) is 9.79 Å². The van der Waals surface area contributed by atoms with E-state index in [-0.39, 0.29) is 35.8 Å². The topological polar surface area (TPSA) is 65.5 Å². The van der Waals surface area contributed by atoms with E-state index in [0.29, 0.717) is 18.5 Å². The maximum Gasteiger partial charge on any atom is 0.227 e. The Balaban J connectivity index is 0.00000576. The number of benzene rings is 1. The van der Waals surface area contributed by atoms with Gasteiger partial charge in [0, 0.05) is 31.2 Å². The molecule has 0 radical (unpaired) electrons. The maximum atomic E-state index is 12.0. The predicted octanol–water partition coefficient (Wildman–Crippen LogP) is 4.00. The van der Waals surface area contributed by atoms with Gasteiger partial charge in [-0.25, -0.2) is 0 Å². The van der Waals surface area contributed by atoms with Crippen molar-refractivity contribution < 1.29 is 4.79 Å². The lowest BCUT2D eigenvalue weighted by molar-refractivity contribution is -0.119. The fourth-order valence-corrected chi connectivity index (χ4v) is 1.97. The number of anilines is 1. The van der Waals surface area contributed by atoms with E-state index in [9.17, 15) is 4.79 Å². The first-order valence-corrected chi connectivity index (χ1v) is 8.74. The smallest absolute Gasteiger partial charge is 0.227 e. The van der Waals surface area contributed by atoms with Crippen LogP contribution in [0, 0.1) is 11.8 Å². The Bertz CT molecular complexity index is 560. The van der Waals surface area contributed by atoms with Gasteiger partial charge >= 0.3 is 0 Å². The maximum absolute atomic E-state index is 12.0. The van der Waals surface area contributed by atoms with Crippen LogP contribution in [0.2, 0.25) is 0 Å². The summed E-state index contributed by atoms with van der Waals surface area (Å²) in [6.45, 7) is 11.1. The van der Waals surface area contributed by atoms with Crippen LogP contribution in [-0.4, -0.2) is 25.0 Å². The van der Waals surface area contributed by atoms with Gasteiger partial charge in [-0.2, -0.15) is 0 Å². The van der Waals surface area contributed by atoms with E-state index in [2.05, 4.69) is 41.7 Å². The monoisotopic (exact) mass is 460 g/mol. The zero-order chi connectivity index (χ0) is 18.1. The number of nitrogens with zero attached hydrogens (tertiary/aromatic N) is 1. The molecular weight excluding hydrogens is 427 g/mol. The molecule has 0 saturated carbocycles. The van der Waals surface area contributed by atoms with Gasteiger partial charge in [-0.15, -0.1) is 24.0 Å². The van der Waals surface area contributed by atoms with Crippen molar-refractivity contribution in [2.45, 2.75) is 53.6 Å². The van der Waals surface area contributed by atoms with Gasteiger partial charge in [0.1, 0.15) is 0 Å². The highest BCUT2D eigenvalue weighted by Crippen LogP contribution is 2.13. The van der Waals surface area contributed by atoms with E-state index in [4.69, 9.17) is 0 Å². The minimum absolute atomic E-state index is 0. The number of halogens is 1. The van der Waals surface area contributed by atoms with E-state index in [1.165, 1.54) is 0 Å². The lowest BCUT2D eigenvalue weighted by Gasteiger charge is -2.21. The van der Waals surface area contributed by atoms with Crippen LogP contribution in [0.15, 0.2) is 29.3 Å². The van der Waals surface area contributed by atoms with Crippen LogP contribution in [0.1, 0.15) is 46.6 Å². The SMILES string of the molecule is CCC(C)C(=O)Nc1cccc(CNC(=NC)NC(C)C(C)C)c1.I. The summed E-state index contributed by atoms with van der Waals surface area (Å²) in [6.07, 6.45) is 0.836. The molecule has 0 bridgehead atoms. The van der Waals surface area contributed by atoms with E-state index < -0.39 is 0 Å². The van der Waals surface area contributed by atoms with Crippen molar-refractivity contribution in [1.82, 2.24) is 10.6 Å². The third-order valence-electron chi connectivity index (χ3n) is 4.30. The number of guanidine groups is 1. The Hall–Kier alpha value is -1.31. The minimum Gasteiger partial charge on any atom is -0.354 e. The third-order valence-corrected chi connectivity index (χ3v) is 4.30. The molecule has 3 N–H and O–H groups in total. The Morgan fingerprint density at radius 1 is 1.20 bits per heavy atom. The lowest BCUT2D eigenvalue weighted by Crippen LogP contribution is -2.43. The fourth-order valence-electron chi connectivity index (χ4n) is 1.97. The second-order valence-corrected chi connectivity index (χ2v) is 6.60. The van der Waals surface area contributed by atoms with Crippen molar-refractivity contribution in [3.8, 4) is 0 Å². The molecule has 2 atom stereocenters. The normalized spacial score (nSPS) is 13.6. The van der Waals surface area contributed by atoms with Crippen molar-refractivity contribution in [2.24, 2.45) is 16.8 Å². The summed E-state index contributed by atoms with van der Waals surface area (Å²) in [5.74, 6) is 1.39. The van der Waals surface area contributed by atoms with Gasteiger partial charge in [0.25, 0.3) is 0 Å². The number of hydrogen-bond donors (Lipinski definition) is 3. The Kier molecular flexibility index (Phi) is 11.5. The second kappa shape index (κ2) is 12.1. The number of rotatable bonds is 7. The molecule has 0 aliphatic carbocycles. The van der Waals surface area contributed by atoms with E-state index in [1.807, 2.05) is 38.1 Å². The lowest BCUT2D eigenvalue weighted by atomic mass is 10.1. The number of amides is 1. The molecule has 0 saturated heterocycles. The number of hydrogen-bond acceptors (Lipinski definition) is 2. The molecule has 2 unspecified atom stereocenters. The molecule has 0 spiro atoms. The van der Waals surface area contributed by atoms with Crippen LogP contribution < -0.4 is 16.0 Å². The van der Waals surface area contributed by atoms with E-state index in [0.717, 1.165) is 23.6 Å². The molecule has 0 aromatic heterocycles. The summed E-state index contributed by atoms with van der Waals surface area (Å²) < 4.78 is 0. The molecule has 25 heavy (non-hydrogen) atoms. The first-order valence-electron chi connectivity index (χ1n) is 8.74. The van der Waals surface area contributed by atoms with E-state index in [1.54, 1.807) is 7.05 Å². The summed E-state index contributed by atoms with van der Waals surface area (Å²) in [5.41, 5.74) is 1.93. The molecule has 1 amide bonds. The molecule has 0 heterocycles. The molecule has 142 valence electrons. The molecule has 1 aromatic carbocycles. The van der Waals surface area contributed by atoms with Gasteiger partial charge < -0.3 is 16.0 Å². The average Bonchev–Trinajstić information content (AvgIpc) is 2.57. The Morgan fingerprint density at radius 3 is 2.44 bits per heavy atom. The van der Waals surface area contributed by atoms with Crippen LogP contribution in [0.4, 0.5) is 5.69 Å². The first-order chi connectivity index (χ1) is 11.4. The highest BCUT2D eigenvalue weighted by atomic mass is 127. The van der Waals surface area contributed by atoms with Crippen molar-refractivity contribution in [3.05, 3.63) is 29.8 Å². The molecule has 6 heteroatoms. The average molecular weight is 460 g/mol. The Morgan fingerprint density at radius 2 is 1.88 bits per heavy atom. The number of aliphatic imine (C=N–C) groups is 1. The zero-order valence-corrected chi connectivity index (χ0v) is 18.5. The van der Waals surface area contributed by atoms with Crippen molar-refractivity contribution in [2.75, 3.05) is 12.4 Å².